The van der Waals surface area contributed by atoms with Crippen LogP contribution in [0.4, 0.5) is 24.5 Å². The third-order valence-corrected chi connectivity index (χ3v) is 4.48. The number of nitrogens with one attached hydrogen (secondary N) is 2. The van der Waals surface area contributed by atoms with Gasteiger partial charge in [0.25, 0.3) is 0 Å². The highest BCUT2D eigenvalue weighted by Crippen LogP contribution is 2.41. The lowest BCUT2D eigenvalue weighted by atomic mass is 9.97. The van der Waals surface area contributed by atoms with Crippen molar-refractivity contribution in [1.82, 2.24) is 9.55 Å². The molecule has 0 fully saturated rings. The number of carbonyl (C=O) groups excluding carboxylic acids is 1. The van der Waals surface area contributed by atoms with Crippen molar-refractivity contribution in [2.24, 2.45) is 7.05 Å². The number of nitrogens with zero attached hydrogens (tertiary/aromatic N) is 2. The summed E-state index contributed by atoms with van der Waals surface area (Å²) in [5.74, 6) is -1.85. The zero-order valence-corrected chi connectivity index (χ0v) is 16.0. The lowest BCUT2D eigenvalue weighted by Crippen LogP contribution is -2.46. The highest BCUT2D eigenvalue weighted by molar-refractivity contribution is 7.92. The number of hydrogen-bond donors (Lipinski definition) is 3. The molecule has 1 heterocycles. The summed E-state index contributed by atoms with van der Waals surface area (Å²) in [6, 6.07) is 4.15. The highest BCUT2D eigenvalue weighted by Gasteiger charge is 2.58. The number of sulfonamides is 1. The van der Waals surface area contributed by atoms with Gasteiger partial charge in [-0.1, -0.05) is 6.07 Å². The fourth-order valence-corrected chi connectivity index (χ4v) is 3.14. The van der Waals surface area contributed by atoms with Crippen molar-refractivity contribution in [2.75, 3.05) is 16.3 Å². The summed E-state index contributed by atoms with van der Waals surface area (Å²) in [4.78, 5) is 15.7. The second-order valence-electron chi connectivity index (χ2n) is 6.35. The van der Waals surface area contributed by atoms with E-state index >= 15 is 0 Å². The number of aromatic nitrogens is 2. The van der Waals surface area contributed by atoms with E-state index in [1.807, 2.05) is 0 Å². The van der Waals surface area contributed by atoms with Crippen LogP contribution in [0.25, 0.3) is 0 Å². The van der Waals surface area contributed by atoms with Crippen LogP contribution in [0.5, 0.6) is 0 Å². The Morgan fingerprint density at radius 2 is 1.96 bits per heavy atom. The number of carbonyl (C=O) groups is 1. The van der Waals surface area contributed by atoms with E-state index in [0.717, 1.165) is 17.0 Å². The van der Waals surface area contributed by atoms with Crippen molar-refractivity contribution in [3.05, 3.63) is 42.0 Å². The fourth-order valence-electron chi connectivity index (χ4n) is 2.52. The van der Waals surface area contributed by atoms with Gasteiger partial charge in [-0.3, -0.25) is 9.52 Å². The summed E-state index contributed by atoms with van der Waals surface area (Å²) in [6.45, 7) is 1.61. The quantitative estimate of drug-likeness (QED) is 0.660. The number of rotatable bonds is 6. The van der Waals surface area contributed by atoms with Crippen LogP contribution in [0.3, 0.4) is 0 Å². The molecule has 0 saturated heterocycles. The Morgan fingerprint density at radius 3 is 2.46 bits per heavy atom. The first kappa shape index (κ1) is 21.7. The molecule has 154 valence electrons. The minimum atomic E-state index is -5.15. The fraction of sp³-hybridized carbons (Fsp3) is 0.375. The van der Waals surface area contributed by atoms with Gasteiger partial charge >= 0.3 is 6.18 Å². The topological polar surface area (TPSA) is 113 Å². The minimum Gasteiger partial charge on any atom is -0.374 e. The summed E-state index contributed by atoms with van der Waals surface area (Å²) in [6.07, 6.45) is -3.25. The molecule has 2 aromatic rings. The Hall–Kier alpha value is -2.60. The van der Waals surface area contributed by atoms with E-state index in [1.165, 1.54) is 31.4 Å². The molecule has 1 atom stereocenters. The van der Waals surface area contributed by atoms with Gasteiger partial charge in [0.15, 0.2) is 5.82 Å². The zero-order chi connectivity index (χ0) is 21.3. The van der Waals surface area contributed by atoms with E-state index in [0.29, 0.717) is 5.56 Å². The molecule has 2 rings (SSSR count). The van der Waals surface area contributed by atoms with E-state index in [9.17, 15) is 31.5 Å². The first-order valence-corrected chi connectivity index (χ1v) is 9.77. The smallest absolute Gasteiger partial charge is 0.374 e. The minimum absolute atomic E-state index is 0.0612. The maximum atomic E-state index is 13.5. The molecule has 1 aromatic carbocycles. The average molecular weight is 420 g/mol. The predicted octanol–water partition coefficient (Wildman–Crippen LogP) is 1.88. The Morgan fingerprint density at radius 1 is 1.32 bits per heavy atom. The molecule has 1 unspecified atom stereocenters. The molecule has 12 heteroatoms. The molecule has 0 aliphatic rings. The molecule has 0 spiro atoms. The first-order valence-electron chi connectivity index (χ1n) is 7.88. The van der Waals surface area contributed by atoms with Crippen LogP contribution in [0.15, 0.2) is 30.6 Å². The number of alkyl halides is 3. The summed E-state index contributed by atoms with van der Waals surface area (Å²) in [5, 5.41) is 12.5. The number of benzene rings is 1. The number of amides is 1. The van der Waals surface area contributed by atoms with Crippen LogP contribution in [0, 0.1) is 6.92 Å². The average Bonchev–Trinajstić information content (AvgIpc) is 2.94. The van der Waals surface area contributed by atoms with Gasteiger partial charge in [-0.15, -0.1) is 0 Å². The predicted molar refractivity (Wildman–Crippen MR) is 96.1 cm³/mol. The first-order chi connectivity index (χ1) is 12.7. The lowest BCUT2D eigenvalue weighted by Gasteiger charge is -2.29. The molecule has 0 bridgehead atoms. The Kier molecular flexibility index (Phi) is 5.76. The van der Waals surface area contributed by atoms with E-state index in [-0.39, 0.29) is 11.4 Å². The van der Waals surface area contributed by atoms with E-state index in [1.54, 1.807) is 6.92 Å². The number of halogens is 3. The molecule has 0 aliphatic heterocycles. The maximum Gasteiger partial charge on any atom is 0.425 e. The van der Waals surface area contributed by atoms with Gasteiger partial charge in [0, 0.05) is 25.1 Å². The van der Waals surface area contributed by atoms with Crippen LogP contribution in [-0.4, -0.2) is 41.4 Å². The van der Waals surface area contributed by atoms with E-state index in [4.69, 9.17) is 0 Å². The molecule has 1 aromatic heterocycles. The largest absolute Gasteiger partial charge is 0.425 e. The SMILES string of the molecule is Cc1ccc(NC(=O)CC(O)(c2nccn2C)C(F)(F)F)cc1NS(C)(=O)=O. The second-order valence-corrected chi connectivity index (χ2v) is 8.10. The van der Waals surface area contributed by atoms with Crippen LogP contribution < -0.4 is 10.0 Å². The van der Waals surface area contributed by atoms with Gasteiger partial charge in [-0.2, -0.15) is 13.2 Å². The number of anilines is 2. The van der Waals surface area contributed by atoms with Crippen LogP contribution >= 0.6 is 0 Å². The summed E-state index contributed by atoms with van der Waals surface area (Å²) >= 11 is 0. The van der Waals surface area contributed by atoms with Gasteiger partial charge in [0.2, 0.25) is 21.5 Å². The van der Waals surface area contributed by atoms with Crippen LogP contribution in [0.2, 0.25) is 0 Å². The molecule has 3 N–H and O–H groups in total. The van der Waals surface area contributed by atoms with Gasteiger partial charge in [0.1, 0.15) is 0 Å². The summed E-state index contributed by atoms with van der Waals surface area (Å²) in [7, 11) is -2.33. The molecular formula is C16H19F3N4O4S. The summed E-state index contributed by atoms with van der Waals surface area (Å²) < 4.78 is 66.4. The normalized spacial score (nSPS) is 14.4. The highest BCUT2D eigenvalue weighted by atomic mass is 32.2. The molecule has 1 amide bonds. The summed E-state index contributed by atoms with van der Waals surface area (Å²) in [5.41, 5.74) is -2.72. The third-order valence-electron chi connectivity index (χ3n) is 3.89. The zero-order valence-electron chi connectivity index (χ0n) is 15.2. The third kappa shape index (κ3) is 4.81. The van der Waals surface area contributed by atoms with Gasteiger partial charge in [0.05, 0.1) is 18.4 Å². The number of imidazole rings is 1. The molecule has 0 saturated carbocycles. The molecule has 0 radical (unpaired) electrons. The number of aliphatic hydroxyl groups is 1. The molecule has 28 heavy (non-hydrogen) atoms. The maximum absolute atomic E-state index is 13.5. The van der Waals surface area contributed by atoms with Gasteiger partial charge in [-0.25, -0.2) is 13.4 Å². The van der Waals surface area contributed by atoms with Gasteiger partial charge in [-0.05, 0) is 24.6 Å². The molecule has 0 aliphatic carbocycles. The molecule has 8 nitrogen and oxygen atoms in total. The van der Waals surface area contributed by atoms with Crippen molar-refractivity contribution < 1.29 is 31.5 Å². The van der Waals surface area contributed by atoms with E-state index < -0.39 is 40.0 Å². The van der Waals surface area contributed by atoms with Crippen molar-refractivity contribution in [3.8, 4) is 0 Å². The van der Waals surface area contributed by atoms with Crippen molar-refractivity contribution in [2.45, 2.75) is 25.1 Å². The molecular weight excluding hydrogens is 401 g/mol. The van der Waals surface area contributed by atoms with Crippen molar-refractivity contribution in [3.63, 3.8) is 0 Å². The lowest BCUT2D eigenvalue weighted by molar-refractivity contribution is -0.270. The standard InChI is InChI=1S/C16H19F3N4O4S/c1-10-4-5-11(8-12(10)22-28(3,26)27)21-13(24)9-15(25,16(17,18)19)14-20-6-7-23(14)2/h4-8,22,25H,9H2,1-3H3,(H,21,24). The van der Waals surface area contributed by atoms with Crippen LogP contribution in [-0.2, 0) is 27.5 Å². The monoisotopic (exact) mass is 420 g/mol. The van der Waals surface area contributed by atoms with Gasteiger partial charge < -0.3 is 15.0 Å². The number of hydrogen-bond acceptors (Lipinski definition) is 5. The second kappa shape index (κ2) is 7.43. The number of aryl methyl sites for hydroxylation is 2. The van der Waals surface area contributed by atoms with E-state index in [2.05, 4.69) is 15.0 Å². The van der Waals surface area contributed by atoms with Crippen LogP contribution in [0.1, 0.15) is 17.8 Å². The van der Waals surface area contributed by atoms with Crippen molar-refractivity contribution >= 4 is 27.3 Å². The Labute approximate surface area is 159 Å². The van der Waals surface area contributed by atoms with Crippen molar-refractivity contribution in [1.29, 1.82) is 0 Å². The Bertz CT molecular complexity index is 988. The Balaban J connectivity index is 2.27.